The molecule has 0 bridgehead atoms. The fourth-order valence-electron chi connectivity index (χ4n) is 3.50. The predicted octanol–water partition coefficient (Wildman–Crippen LogP) is 1.69. The highest BCUT2D eigenvalue weighted by Gasteiger charge is 2.23. The maximum atomic E-state index is 12.7. The number of hydrogen-bond acceptors (Lipinski definition) is 4. The highest BCUT2D eigenvalue weighted by molar-refractivity contribution is 6.33. The number of aromatic amines is 1. The van der Waals surface area contributed by atoms with Gasteiger partial charge in [0.1, 0.15) is 6.54 Å². The fraction of sp³-hybridized carbons (Fsp3) is 0.250. The number of benzene rings is 2. The molecule has 28 heavy (non-hydrogen) atoms. The first kappa shape index (κ1) is 18.3. The van der Waals surface area contributed by atoms with Crippen molar-refractivity contribution in [1.82, 2.24) is 14.7 Å². The van der Waals surface area contributed by atoms with Crippen LogP contribution in [-0.2, 0) is 11.3 Å². The average Bonchev–Trinajstić information content (AvgIpc) is 2.72. The van der Waals surface area contributed by atoms with Crippen LogP contribution >= 0.6 is 11.6 Å². The second kappa shape index (κ2) is 7.52. The van der Waals surface area contributed by atoms with Gasteiger partial charge in [0, 0.05) is 26.2 Å². The third-order valence-corrected chi connectivity index (χ3v) is 5.32. The van der Waals surface area contributed by atoms with E-state index in [1.807, 2.05) is 24.3 Å². The molecule has 3 aromatic rings. The second-order valence-electron chi connectivity index (χ2n) is 6.70. The minimum atomic E-state index is -0.383. The fourth-order valence-corrected chi connectivity index (χ4v) is 3.75. The first-order valence-electron chi connectivity index (χ1n) is 9.04. The summed E-state index contributed by atoms with van der Waals surface area (Å²) in [5, 5.41) is 3.82. The van der Waals surface area contributed by atoms with Crippen LogP contribution in [0.1, 0.15) is 0 Å². The number of nitrogens with zero attached hydrogens (tertiary/aromatic N) is 3. The Labute approximate surface area is 165 Å². The van der Waals surface area contributed by atoms with Gasteiger partial charge in [0.15, 0.2) is 0 Å². The van der Waals surface area contributed by atoms with Gasteiger partial charge in [-0.15, -0.1) is 0 Å². The first-order valence-corrected chi connectivity index (χ1v) is 9.41. The SMILES string of the molecule is O=C(Cn1[nH]c(=O)c2ccccc2c1=O)N1CCN(c2ccccc2Cl)CC1. The van der Waals surface area contributed by atoms with Gasteiger partial charge in [-0.2, -0.15) is 0 Å². The number of fused-ring (bicyclic) bond motifs is 1. The molecule has 0 spiro atoms. The van der Waals surface area contributed by atoms with Gasteiger partial charge in [0.2, 0.25) is 5.91 Å². The lowest BCUT2D eigenvalue weighted by Crippen LogP contribution is -2.50. The van der Waals surface area contributed by atoms with E-state index < -0.39 is 0 Å². The quantitative estimate of drug-likeness (QED) is 0.728. The lowest BCUT2D eigenvalue weighted by molar-refractivity contribution is -0.132. The molecule has 1 saturated heterocycles. The molecule has 0 radical (unpaired) electrons. The Balaban J connectivity index is 1.48. The summed E-state index contributed by atoms with van der Waals surface area (Å²) < 4.78 is 1.09. The van der Waals surface area contributed by atoms with Crippen molar-refractivity contribution in [2.24, 2.45) is 0 Å². The average molecular weight is 399 g/mol. The lowest BCUT2D eigenvalue weighted by Gasteiger charge is -2.36. The van der Waals surface area contributed by atoms with Crippen molar-refractivity contribution < 1.29 is 4.79 Å². The summed E-state index contributed by atoms with van der Waals surface area (Å²) >= 11 is 6.25. The highest BCUT2D eigenvalue weighted by atomic mass is 35.5. The molecular formula is C20H19ClN4O3. The van der Waals surface area contributed by atoms with Gasteiger partial charge in [-0.05, 0) is 24.3 Å². The number of aromatic nitrogens is 2. The van der Waals surface area contributed by atoms with Crippen LogP contribution in [-0.4, -0.2) is 46.8 Å². The summed E-state index contributed by atoms with van der Waals surface area (Å²) in [5.41, 5.74) is 0.191. The van der Waals surface area contributed by atoms with Crippen molar-refractivity contribution in [2.45, 2.75) is 6.54 Å². The molecule has 1 aliphatic rings. The second-order valence-corrected chi connectivity index (χ2v) is 7.10. The van der Waals surface area contributed by atoms with Crippen LogP contribution in [0.25, 0.3) is 10.8 Å². The third kappa shape index (κ3) is 3.41. The molecule has 0 atom stereocenters. The Bertz CT molecular complexity index is 1150. The Morgan fingerprint density at radius 2 is 1.57 bits per heavy atom. The van der Waals surface area contributed by atoms with Crippen molar-refractivity contribution in [2.75, 3.05) is 31.1 Å². The molecule has 4 rings (SSSR count). The molecule has 1 N–H and O–H groups in total. The number of amides is 1. The minimum Gasteiger partial charge on any atom is -0.367 e. The number of carbonyl (C=O) groups is 1. The van der Waals surface area contributed by atoms with E-state index in [1.165, 1.54) is 0 Å². The Morgan fingerprint density at radius 3 is 2.29 bits per heavy atom. The van der Waals surface area contributed by atoms with E-state index in [-0.39, 0.29) is 23.6 Å². The molecule has 0 unspecified atom stereocenters. The molecule has 8 heteroatoms. The van der Waals surface area contributed by atoms with Gasteiger partial charge >= 0.3 is 0 Å². The lowest BCUT2D eigenvalue weighted by atomic mass is 10.2. The van der Waals surface area contributed by atoms with Gasteiger partial charge in [0.25, 0.3) is 11.1 Å². The molecule has 2 heterocycles. The van der Waals surface area contributed by atoms with Gasteiger partial charge in [0.05, 0.1) is 21.5 Å². The van der Waals surface area contributed by atoms with Crippen molar-refractivity contribution >= 4 is 34.0 Å². The number of H-pyrrole nitrogens is 1. The van der Waals surface area contributed by atoms with E-state index >= 15 is 0 Å². The Kier molecular flexibility index (Phi) is 4.92. The molecule has 0 aliphatic carbocycles. The largest absolute Gasteiger partial charge is 0.367 e. The highest BCUT2D eigenvalue weighted by Crippen LogP contribution is 2.26. The van der Waals surface area contributed by atoms with E-state index in [0.717, 1.165) is 10.4 Å². The Morgan fingerprint density at radius 1 is 0.929 bits per heavy atom. The summed E-state index contributed by atoms with van der Waals surface area (Å²) in [5.74, 6) is -0.202. The molecule has 1 aromatic heterocycles. The number of carbonyl (C=O) groups excluding carboxylic acids is 1. The van der Waals surface area contributed by atoms with E-state index in [2.05, 4.69) is 10.00 Å². The molecule has 1 aliphatic heterocycles. The standard InChI is InChI=1S/C20H19ClN4O3/c21-16-7-3-4-8-17(16)23-9-11-24(12-10-23)18(26)13-25-20(28)15-6-2-1-5-14(15)19(27)22-25/h1-8H,9-13H2,(H,22,27). The number of rotatable bonds is 3. The number of anilines is 1. The van der Waals surface area contributed by atoms with Crippen LogP contribution in [0, 0.1) is 0 Å². The van der Waals surface area contributed by atoms with Crippen LogP contribution in [0.4, 0.5) is 5.69 Å². The van der Waals surface area contributed by atoms with Crippen LogP contribution in [0.5, 0.6) is 0 Å². The van der Waals surface area contributed by atoms with Crippen molar-refractivity contribution in [1.29, 1.82) is 0 Å². The van der Waals surface area contributed by atoms with Crippen LogP contribution in [0.3, 0.4) is 0 Å². The normalized spacial score (nSPS) is 14.5. The molecule has 7 nitrogen and oxygen atoms in total. The van der Waals surface area contributed by atoms with E-state index in [4.69, 9.17) is 11.6 Å². The number of piperazine rings is 1. The topological polar surface area (TPSA) is 78.4 Å². The molecular weight excluding hydrogens is 380 g/mol. The molecule has 144 valence electrons. The smallest absolute Gasteiger partial charge is 0.273 e. The molecule has 1 amide bonds. The number of nitrogens with one attached hydrogen (secondary N) is 1. The van der Waals surface area contributed by atoms with E-state index in [1.54, 1.807) is 29.2 Å². The van der Waals surface area contributed by atoms with Gasteiger partial charge < -0.3 is 9.80 Å². The Hall–Kier alpha value is -3.06. The van der Waals surface area contributed by atoms with Crippen LogP contribution in [0.2, 0.25) is 5.02 Å². The van der Waals surface area contributed by atoms with Crippen molar-refractivity contribution in [3.63, 3.8) is 0 Å². The third-order valence-electron chi connectivity index (χ3n) is 5.00. The first-order chi connectivity index (χ1) is 13.5. The predicted molar refractivity (Wildman–Crippen MR) is 109 cm³/mol. The zero-order valence-corrected chi connectivity index (χ0v) is 15.9. The maximum absolute atomic E-state index is 12.7. The summed E-state index contributed by atoms with van der Waals surface area (Å²) in [6.45, 7) is 2.16. The molecule has 1 fully saturated rings. The number of para-hydroxylation sites is 1. The summed E-state index contributed by atoms with van der Waals surface area (Å²) in [6.07, 6.45) is 0. The van der Waals surface area contributed by atoms with Crippen LogP contribution in [0.15, 0.2) is 58.1 Å². The number of hydrogen-bond donors (Lipinski definition) is 1. The monoisotopic (exact) mass is 398 g/mol. The van der Waals surface area contributed by atoms with Gasteiger partial charge in [-0.25, -0.2) is 4.68 Å². The van der Waals surface area contributed by atoms with Crippen molar-refractivity contribution in [3.8, 4) is 0 Å². The van der Waals surface area contributed by atoms with E-state index in [0.29, 0.717) is 42.0 Å². The summed E-state index contributed by atoms with van der Waals surface area (Å²) in [6, 6.07) is 14.2. The summed E-state index contributed by atoms with van der Waals surface area (Å²) in [4.78, 5) is 41.3. The molecule has 0 saturated carbocycles. The van der Waals surface area contributed by atoms with Crippen molar-refractivity contribution in [3.05, 3.63) is 74.3 Å². The minimum absolute atomic E-state index is 0.189. The van der Waals surface area contributed by atoms with Crippen LogP contribution < -0.4 is 16.0 Å². The summed E-state index contributed by atoms with van der Waals surface area (Å²) in [7, 11) is 0. The van der Waals surface area contributed by atoms with E-state index in [9.17, 15) is 14.4 Å². The van der Waals surface area contributed by atoms with Gasteiger partial charge in [-0.3, -0.25) is 19.5 Å². The zero-order chi connectivity index (χ0) is 19.7. The maximum Gasteiger partial charge on any atom is 0.273 e. The molecule has 2 aromatic carbocycles. The van der Waals surface area contributed by atoms with Gasteiger partial charge in [-0.1, -0.05) is 35.9 Å². The number of halogens is 1. The zero-order valence-electron chi connectivity index (χ0n) is 15.1.